The summed E-state index contributed by atoms with van der Waals surface area (Å²) in [6.45, 7) is 3.48. The van der Waals surface area contributed by atoms with Crippen LogP contribution in [0.2, 0.25) is 0 Å². The van der Waals surface area contributed by atoms with Gasteiger partial charge in [-0.05, 0) is 6.07 Å². The Morgan fingerprint density at radius 3 is 2.75 bits per heavy atom. The molecule has 0 fully saturated rings. The van der Waals surface area contributed by atoms with Crippen molar-refractivity contribution in [3.8, 4) is 0 Å². The Hall–Kier alpha value is -1.25. The van der Waals surface area contributed by atoms with Crippen LogP contribution in [0.25, 0.3) is 5.82 Å². The third kappa shape index (κ3) is 0.703. The van der Waals surface area contributed by atoms with Gasteiger partial charge in [0.2, 0.25) is 0 Å². The van der Waals surface area contributed by atoms with Crippen molar-refractivity contribution in [3.63, 3.8) is 0 Å². The highest BCUT2D eigenvalue weighted by molar-refractivity contribution is 5.33. The van der Waals surface area contributed by atoms with Crippen molar-refractivity contribution in [1.29, 1.82) is 0 Å². The van der Waals surface area contributed by atoms with Crippen LogP contribution in [0.3, 0.4) is 0 Å². The Balaban J connectivity index is 2.93. The standard InChI is InChI=1S/C5H7N3/c1-5(6)8-4-2-3-7-8/h2-4H,1,6H2. The van der Waals surface area contributed by atoms with Gasteiger partial charge < -0.3 is 5.73 Å². The molecular weight excluding hydrogens is 102 g/mol. The second-order valence-corrected chi connectivity index (χ2v) is 1.44. The highest BCUT2D eigenvalue weighted by Crippen LogP contribution is 1.87. The number of nitrogens with zero attached hydrogens (tertiary/aromatic N) is 2. The molecule has 0 amide bonds. The summed E-state index contributed by atoms with van der Waals surface area (Å²) >= 11 is 0. The number of aromatic nitrogens is 2. The summed E-state index contributed by atoms with van der Waals surface area (Å²) in [5, 5.41) is 3.81. The van der Waals surface area contributed by atoms with Gasteiger partial charge in [0.05, 0.1) is 0 Å². The molecular formula is C5H7N3. The Kier molecular flexibility index (Phi) is 1.04. The molecule has 1 aromatic heterocycles. The molecule has 42 valence electrons. The lowest BCUT2D eigenvalue weighted by molar-refractivity contribution is 0.890. The molecule has 0 atom stereocenters. The molecule has 0 bridgehead atoms. The molecule has 3 nitrogen and oxygen atoms in total. The minimum absolute atomic E-state index is 0.440. The van der Waals surface area contributed by atoms with Crippen molar-refractivity contribution in [2.45, 2.75) is 0 Å². The zero-order valence-corrected chi connectivity index (χ0v) is 4.41. The average molecular weight is 109 g/mol. The lowest BCUT2D eigenvalue weighted by Crippen LogP contribution is -2.03. The van der Waals surface area contributed by atoms with Crippen LogP contribution in [0.1, 0.15) is 0 Å². The third-order valence-electron chi connectivity index (χ3n) is 0.799. The topological polar surface area (TPSA) is 43.8 Å². The maximum atomic E-state index is 5.26. The number of rotatable bonds is 1. The van der Waals surface area contributed by atoms with Gasteiger partial charge in [0.25, 0.3) is 0 Å². The maximum Gasteiger partial charge on any atom is 0.117 e. The number of hydrogen-bond donors (Lipinski definition) is 1. The largest absolute Gasteiger partial charge is 0.384 e. The molecule has 0 spiro atoms. The molecule has 0 saturated heterocycles. The van der Waals surface area contributed by atoms with Crippen LogP contribution in [-0.4, -0.2) is 9.78 Å². The molecule has 0 aliphatic carbocycles. The molecule has 1 aromatic rings. The van der Waals surface area contributed by atoms with E-state index in [1.54, 1.807) is 18.5 Å². The van der Waals surface area contributed by atoms with Crippen molar-refractivity contribution >= 4 is 5.82 Å². The first kappa shape index (κ1) is 4.90. The van der Waals surface area contributed by atoms with E-state index < -0.39 is 0 Å². The van der Waals surface area contributed by atoms with Gasteiger partial charge in [-0.1, -0.05) is 6.58 Å². The molecule has 1 rings (SSSR count). The molecule has 0 aliphatic rings. The highest BCUT2D eigenvalue weighted by Gasteiger charge is 1.84. The summed E-state index contributed by atoms with van der Waals surface area (Å²) < 4.78 is 1.50. The predicted molar refractivity (Wildman–Crippen MR) is 31.7 cm³/mol. The van der Waals surface area contributed by atoms with E-state index >= 15 is 0 Å². The van der Waals surface area contributed by atoms with Crippen molar-refractivity contribution in [1.82, 2.24) is 9.78 Å². The first-order valence-corrected chi connectivity index (χ1v) is 2.25. The summed E-state index contributed by atoms with van der Waals surface area (Å²) in [4.78, 5) is 0. The van der Waals surface area contributed by atoms with Crippen LogP contribution >= 0.6 is 0 Å². The Labute approximate surface area is 47.4 Å². The minimum Gasteiger partial charge on any atom is -0.384 e. The van der Waals surface area contributed by atoms with E-state index in [1.807, 2.05) is 0 Å². The van der Waals surface area contributed by atoms with Gasteiger partial charge >= 0.3 is 0 Å². The van der Waals surface area contributed by atoms with E-state index in [2.05, 4.69) is 11.7 Å². The van der Waals surface area contributed by atoms with E-state index in [1.165, 1.54) is 4.68 Å². The summed E-state index contributed by atoms with van der Waals surface area (Å²) in [6, 6.07) is 1.79. The first-order chi connectivity index (χ1) is 3.80. The molecule has 3 heteroatoms. The summed E-state index contributed by atoms with van der Waals surface area (Å²) in [7, 11) is 0. The second-order valence-electron chi connectivity index (χ2n) is 1.44. The van der Waals surface area contributed by atoms with Gasteiger partial charge in [-0.25, -0.2) is 4.68 Å². The molecule has 0 saturated carbocycles. The van der Waals surface area contributed by atoms with Gasteiger partial charge in [-0.3, -0.25) is 0 Å². The van der Waals surface area contributed by atoms with Gasteiger partial charge in [0, 0.05) is 12.4 Å². The van der Waals surface area contributed by atoms with Crippen LogP contribution in [0.5, 0.6) is 0 Å². The molecule has 1 heterocycles. The van der Waals surface area contributed by atoms with E-state index in [4.69, 9.17) is 5.73 Å². The number of hydrogen-bond acceptors (Lipinski definition) is 2. The highest BCUT2D eigenvalue weighted by atomic mass is 15.3. The van der Waals surface area contributed by atoms with Crippen LogP contribution in [0.4, 0.5) is 0 Å². The van der Waals surface area contributed by atoms with Crippen LogP contribution < -0.4 is 5.73 Å². The van der Waals surface area contributed by atoms with Crippen molar-refractivity contribution in [2.75, 3.05) is 0 Å². The fourth-order valence-corrected chi connectivity index (χ4v) is 0.439. The summed E-state index contributed by atoms with van der Waals surface area (Å²) in [6.07, 6.45) is 3.39. The van der Waals surface area contributed by atoms with E-state index in [9.17, 15) is 0 Å². The fraction of sp³-hybridized carbons (Fsp3) is 0. The third-order valence-corrected chi connectivity index (χ3v) is 0.799. The molecule has 0 aliphatic heterocycles. The van der Waals surface area contributed by atoms with Crippen LogP contribution in [-0.2, 0) is 0 Å². The lowest BCUT2D eigenvalue weighted by atomic mass is 10.7. The molecule has 2 N–H and O–H groups in total. The van der Waals surface area contributed by atoms with Crippen molar-refractivity contribution < 1.29 is 0 Å². The number of nitrogens with two attached hydrogens (primary N) is 1. The van der Waals surface area contributed by atoms with E-state index in [-0.39, 0.29) is 0 Å². The molecule has 0 radical (unpaired) electrons. The van der Waals surface area contributed by atoms with Crippen molar-refractivity contribution in [2.24, 2.45) is 5.73 Å². The van der Waals surface area contributed by atoms with Gasteiger partial charge in [0.1, 0.15) is 5.82 Å². The summed E-state index contributed by atoms with van der Waals surface area (Å²) in [5.41, 5.74) is 5.26. The average Bonchev–Trinajstić information content (AvgIpc) is 2.12. The van der Waals surface area contributed by atoms with Gasteiger partial charge in [0.15, 0.2) is 0 Å². The smallest absolute Gasteiger partial charge is 0.117 e. The lowest BCUT2D eigenvalue weighted by Gasteiger charge is -1.93. The summed E-state index contributed by atoms with van der Waals surface area (Å²) in [5.74, 6) is 0.440. The predicted octanol–water partition coefficient (Wildman–Crippen LogP) is 0.270. The maximum absolute atomic E-state index is 5.26. The monoisotopic (exact) mass is 109 g/mol. The Morgan fingerprint density at radius 2 is 2.50 bits per heavy atom. The second kappa shape index (κ2) is 1.69. The molecule has 8 heavy (non-hydrogen) atoms. The normalized spacial score (nSPS) is 9.00. The quantitative estimate of drug-likeness (QED) is 0.562. The minimum atomic E-state index is 0.440. The SMILES string of the molecule is C=C(N)n1cccn1. The van der Waals surface area contributed by atoms with Gasteiger partial charge in [-0.2, -0.15) is 5.10 Å². The molecule has 0 aromatic carbocycles. The molecule has 0 unspecified atom stereocenters. The fourth-order valence-electron chi connectivity index (χ4n) is 0.439. The van der Waals surface area contributed by atoms with Crippen LogP contribution in [0.15, 0.2) is 25.0 Å². The zero-order valence-electron chi connectivity index (χ0n) is 4.41. The first-order valence-electron chi connectivity index (χ1n) is 2.25. The Bertz CT molecular complexity index is 176. The zero-order chi connectivity index (χ0) is 5.98. The van der Waals surface area contributed by atoms with E-state index in [0.717, 1.165) is 0 Å². The Morgan fingerprint density at radius 1 is 1.75 bits per heavy atom. The van der Waals surface area contributed by atoms with Crippen molar-refractivity contribution in [3.05, 3.63) is 25.0 Å². The van der Waals surface area contributed by atoms with Crippen LogP contribution in [0, 0.1) is 0 Å². The van der Waals surface area contributed by atoms with E-state index in [0.29, 0.717) is 5.82 Å². The van der Waals surface area contributed by atoms with Gasteiger partial charge in [-0.15, -0.1) is 0 Å².